The summed E-state index contributed by atoms with van der Waals surface area (Å²) in [5.74, 6) is -0.0608. The number of aromatic nitrogens is 2. The van der Waals surface area contributed by atoms with E-state index >= 15 is 0 Å². The predicted molar refractivity (Wildman–Crippen MR) is 77.2 cm³/mol. The van der Waals surface area contributed by atoms with E-state index in [0.29, 0.717) is 17.3 Å². The van der Waals surface area contributed by atoms with Gasteiger partial charge in [-0.25, -0.2) is 4.98 Å². The number of carbonyl (C=O) groups excluding carboxylic acids is 1. The van der Waals surface area contributed by atoms with Crippen LogP contribution >= 0.6 is 0 Å². The number of imidazole rings is 1. The van der Waals surface area contributed by atoms with Crippen molar-refractivity contribution in [1.29, 1.82) is 0 Å². The molecule has 5 nitrogen and oxygen atoms in total. The van der Waals surface area contributed by atoms with E-state index in [1.807, 2.05) is 12.5 Å². The standard InChI is InChI=1S/C15H18N4O/c16-12-4-1-3-11(9-12)15(20)18-13-5-2-6-14(13)19-8-7-17-10-19/h1,3-4,7-10,13-14H,2,5-6,16H2,(H,18,20). The Morgan fingerprint density at radius 1 is 1.40 bits per heavy atom. The fraction of sp³-hybridized carbons (Fsp3) is 0.333. The lowest BCUT2D eigenvalue weighted by Crippen LogP contribution is -2.38. The van der Waals surface area contributed by atoms with Crippen molar-refractivity contribution in [3.8, 4) is 0 Å². The number of nitrogens with two attached hydrogens (primary N) is 1. The van der Waals surface area contributed by atoms with E-state index in [1.54, 1.807) is 30.5 Å². The van der Waals surface area contributed by atoms with Crippen LogP contribution in [0.1, 0.15) is 35.7 Å². The maximum Gasteiger partial charge on any atom is 0.251 e. The fourth-order valence-electron chi connectivity index (χ4n) is 2.86. The Bertz CT molecular complexity index is 594. The minimum atomic E-state index is -0.0608. The highest BCUT2D eigenvalue weighted by Gasteiger charge is 2.29. The van der Waals surface area contributed by atoms with Crippen molar-refractivity contribution in [3.63, 3.8) is 0 Å². The highest BCUT2D eigenvalue weighted by atomic mass is 16.1. The van der Waals surface area contributed by atoms with Crippen molar-refractivity contribution in [2.24, 2.45) is 0 Å². The number of anilines is 1. The second kappa shape index (κ2) is 5.36. The molecule has 104 valence electrons. The number of benzene rings is 1. The summed E-state index contributed by atoms with van der Waals surface area (Å²) in [6.45, 7) is 0. The first kappa shape index (κ1) is 12.7. The summed E-state index contributed by atoms with van der Waals surface area (Å²) in [4.78, 5) is 16.4. The van der Waals surface area contributed by atoms with E-state index in [2.05, 4.69) is 14.9 Å². The Balaban J connectivity index is 1.72. The molecule has 1 aromatic carbocycles. The minimum absolute atomic E-state index is 0.0608. The molecule has 3 rings (SSSR count). The number of hydrogen-bond acceptors (Lipinski definition) is 3. The summed E-state index contributed by atoms with van der Waals surface area (Å²) < 4.78 is 2.08. The van der Waals surface area contributed by atoms with E-state index in [4.69, 9.17) is 5.73 Å². The quantitative estimate of drug-likeness (QED) is 0.838. The molecule has 2 aromatic rings. The summed E-state index contributed by atoms with van der Waals surface area (Å²) in [7, 11) is 0. The Kier molecular flexibility index (Phi) is 3.41. The van der Waals surface area contributed by atoms with E-state index < -0.39 is 0 Å². The zero-order valence-electron chi connectivity index (χ0n) is 11.2. The molecule has 0 bridgehead atoms. The van der Waals surface area contributed by atoms with Gasteiger partial charge in [-0.1, -0.05) is 6.07 Å². The Morgan fingerprint density at radius 3 is 3.05 bits per heavy atom. The molecule has 20 heavy (non-hydrogen) atoms. The van der Waals surface area contributed by atoms with Crippen molar-refractivity contribution >= 4 is 11.6 Å². The van der Waals surface area contributed by atoms with Crippen LogP contribution in [0.4, 0.5) is 5.69 Å². The Morgan fingerprint density at radius 2 is 2.30 bits per heavy atom. The van der Waals surface area contributed by atoms with Gasteiger partial charge in [-0.3, -0.25) is 4.79 Å². The van der Waals surface area contributed by atoms with E-state index in [9.17, 15) is 4.79 Å². The molecular formula is C15H18N4O. The minimum Gasteiger partial charge on any atom is -0.399 e. The topological polar surface area (TPSA) is 72.9 Å². The molecule has 0 spiro atoms. The van der Waals surface area contributed by atoms with Crippen LogP contribution in [0.2, 0.25) is 0 Å². The first-order valence-corrected chi connectivity index (χ1v) is 6.88. The summed E-state index contributed by atoms with van der Waals surface area (Å²) >= 11 is 0. The van der Waals surface area contributed by atoms with E-state index in [1.165, 1.54) is 0 Å². The third kappa shape index (κ3) is 2.52. The largest absolute Gasteiger partial charge is 0.399 e. The Hall–Kier alpha value is -2.30. The lowest BCUT2D eigenvalue weighted by atomic mass is 10.1. The van der Waals surface area contributed by atoms with Crippen molar-refractivity contribution in [3.05, 3.63) is 48.5 Å². The van der Waals surface area contributed by atoms with Crippen LogP contribution in [0.15, 0.2) is 43.0 Å². The summed E-state index contributed by atoms with van der Waals surface area (Å²) in [6, 6.07) is 7.51. The second-order valence-electron chi connectivity index (χ2n) is 5.21. The molecule has 1 heterocycles. The van der Waals surface area contributed by atoms with Crippen LogP contribution in [0.3, 0.4) is 0 Å². The summed E-state index contributed by atoms with van der Waals surface area (Å²) in [6.07, 6.45) is 8.72. The van der Waals surface area contributed by atoms with E-state index in [0.717, 1.165) is 19.3 Å². The Labute approximate surface area is 117 Å². The van der Waals surface area contributed by atoms with Gasteiger partial charge >= 0.3 is 0 Å². The average Bonchev–Trinajstić information content (AvgIpc) is 3.08. The van der Waals surface area contributed by atoms with Crippen molar-refractivity contribution in [1.82, 2.24) is 14.9 Å². The van der Waals surface area contributed by atoms with Crippen molar-refractivity contribution < 1.29 is 4.79 Å². The highest BCUT2D eigenvalue weighted by Crippen LogP contribution is 2.30. The predicted octanol–water partition coefficient (Wildman–Crippen LogP) is 1.99. The van der Waals surface area contributed by atoms with Gasteiger partial charge in [0.15, 0.2) is 0 Å². The van der Waals surface area contributed by atoms with Gasteiger partial charge < -0.3 is 15.6 Å². The first-order chi connectivity index (χ1) is 9.74. The van der Waals surface area contributed by atoms with Crippen LogP contribution < -0.4 is 11.1 Å². The van der Waals surface area contributed by atoms with Gasteiger partial charge in [0.25, 0.3) is 5.91 Å². The molecule has 1 aromatic heterocycles. The van der Waals surface area contributed by atoms with Crippen LogP contribution in [0.5, 0.6) is 0 Å². The van der Waals surface area contributed by atoms with Crippen molar-refractivity contribution in [2.75, 3.05) is 5.73 Å². The van der Waals surface area contributed by atoms with Crippen LogP contribution in [0, 0.1) is 0 Å². The van der Waals surface area contributed by atoms with Gasteiger partial charge in [0, 0.05) is 29.7 Å². The number of rotatable bonds is 3. The number of nitrogens with one attached hydrogen (secondary N) is 1. The summed E-state index contributed by atoms with van der Waals surface area (Å²) in [5.41, 5.74) is 6.94. The number of amides is 1. The van der Waals surface area contributed by atoms with Crippen LogP contribution in [0.25, 0.3) is 0 Å². The van der Waals surface area contributed by atoms with E-state index in [-0.39, 0.29) is 11.9 Å². The van der Waals surface area contributed by atoms with Gasteiger partial charge in [-0.15, -0.1) is 0 Å². The maximum atomic E-state index is 12.3. The first-order valence-electron chi connectivity index (χ1n) is 6.88. The molecule has 0 saturated heterocycles. The molecule has 1 aliphatic rings. The second-order valence-corrected chi connectivity index (χ2v) is 5.21. The molecule has 1 fully saturated rings. The molecule has 1 saturated carbocycles. The highest BCUT2D eigenvalue weighted by molar-refractivity contribution is 5.95. The molecule has 1 aliphatic carbocycles. The number of hydrogen-bond donors (Lipinski definition) is 2. The van der Waals surface area contributed by atoms with Gasteiger partial charge in [0.2, 0.25) is 0 Å². The molecule has 0 radical (unpaired) electrons. The summed E-state index contributed by atoms with van der Waals surface area (Å²) in [5, 5.41) is 3.12. The third-order valence-electron chi connectivity index (χ3n) is 3.85. The molecule has 5 heteroatoms. The molecule has 2 atom stereocenters. The number of carbonyl (C=O) groups is 1. The van der Waals surface area contributed by atoms with Gasteiger partial charge in [0.05, 0.1) is 12.4 Å². The SMILES string of the molecule is Nc1cccc(C(=O)NC2CCCC2n2ccnc2)c1. The van der Waals surface area contributed by atoms with Gasteiger partial charge in [0.1, 0.15) is 0 Å². The lowest BCUT2D eigenvalue weighted by molar-refractivity contribution is 0.0929. The maximum absolute atomic E-state index is 12.3. The molecule has 0 aliphatic heterocycles. The van der Waals surface area contributed by atoms with Crippen LogP contribution in [-0.2, 0) is 0 Å². The molecular weight excluding hydrogens is 252 g/mol. The average molecular weight is 270 g/mol. The molecule has 3 N–H and O–H groups in total. The number of nitrogen functional groups attached to an aromatic ring is 1. The third-order valence-corrected chi connectivity index (χ3v) is 3.85. The lowest BCUT2D eigenvalue weighted by Gasteiger charge is -2.22. The molecule has 2 unspecified atom stereocenters. The smallest absolute Gasteiger partial charge is 0.251 e. The molecule has 1 amide bonds. The van der Waals surface area contributed by atoms with Crippen LogP contribution in [-0.4, -0.2) is 21.5 Å². The van der Waals surface area contributed by atoms with Gasteiger partial charge in [-0.05, 0) is 37.5 Å². The van der Waals surface area contributed by atoms with Gasteiger partial charge in [-0.2, -0.15) is 0 Å². The zero-order valence-corrected chi connectivity index (χ0v) is 11.2. The normalized spacial score (nSPS) is 21.8. The van der Waals surface area contributed by atoms with Crippen molar-refractivity contribution in [2.45, 2.75) is 31.3 Å². The zero-order chi connectivity index (χ0) is 13.9. The fourth-order valence-corrected chi connectivity index (χ4v) is 2.86. The monoisotopic (exact) mass is 270 g/mol. The number of nitrogens with zero attached hydrogens (tertiary/aromatic N) is 2.